The van der Waals surface area contributed by atoms with Crippen LogP contribution in [0.1, 0.15) is 47.5 Å². The summed E-state index contributed by atoms with van der Waals surface area (Å²) in [6.45, 7) is 4.48. The van der Waals surface area contributed by atoms with Gasteiger partial charge in [0.15, 0.2) is 0 Å². The molecule has 2 saturated carbocycles. The van der Waals surface area contributed by atoms with E-state index in [4.69, 9.17) is 9.47 Å². The predicted molar refractivity (Wildman–Crippen MR) is 81.3 cm³/mol. The average Bonchev–Trinajstić information content (AvgIpc) is 2.82. The molecule has 0 N–H and O–H groups in total. The van der Waals surface area contributed by atoms with Crippen LogP contribution in [0.5, 0.6) is 0 Å². The fourth-order valence-corrected chi connectivity index (χ4v) is 3.89. The number of fused-ring (bicyclic) bond motifs is 5. The molecule has 2 nitrogen and oxygen atoms in total. The van der Waals surface area contributed by atoms with Gasteiger partial charge in [-0.3, -0.25) is 0 Å². The molecular formula is C17H32O2. The summed E-state index contributed by atoms with van der Waals surface area (Å²) in [5.74, 6) is 4.26. The van der Waals surface area contributed by atoms with Crippen molar-refractivity contribution in [3.8, 4) is 0 Å². The van der Waals surface area contributed by atoms with Crippen molar-refractivity contribution >= 4 is 0 Å². The van der Waals surface area contributed by atoms with E-state index in [9.17, 15) is 0 Å². The second kappa shape index (κ2) is 7.44. The molecule has 0 aromatic rings. The molecule has 19 heavy (non-hydrogen) atoms. The molecule has 0 spiro atoms. The molecule has 0 aromatic carbocycles. The van der Waals surface area contributed by atoms with Crippen molar-refractivity contribution in [3.05, 3.63) is 12.2 Å². The Bertz CT molecular complexity index is 265. The molecule has 112 valence electrons. The lowest BCUT2D eigenvalue weighted by Gasteiger charge is -2.19. The van der Waals surface area contributed by atoms with E-state index in [1.165, 1.54) is 25.7 Å². The predicted octanol–water partition coefficient (Wildman–Crippen LogP) is 4.30. The van der Waals surface area contributed by atoms with E-state index in [0.717, 1.165) is 43.5 Å². The summed E-state index contributed by atoms with van der Waals surface area (Å²) in [6, 6.07) is 0. The molecule has 0 radical (unpaired) electrons. The Morgan fingerprint density at radius 3 is 2.16 bits per heavy atom. The van der Waals surface area contributed by atoms with Gasteiger partial charge in [0.25, 0.3) is 0 Å². The second-order valence-electron chi connectivity index (χ2n) is 5.82. The lowest BCUT2D eigenvalue weighted by Crippen LogP contribution is -2.12. The molecule has 4 aliphatic rings. The molecule has 1 saturated heterocycles. The van der Waals surface area contributed by atoms with E-state index >= 15 is 0 Å². The fourth-order valence-electron chi connectivity index (χ4n) is 3.89. The highest BCUT2D eigenvalue weighted by Crippen LogP contribution is 2.55. The number of hydrogen-bond donors (Lipinski definition) is 0. The zero-order chi connectivity index (χ0) is 11.7. The molecule has 2 bridgehead atoms. The zero-order valence-electron chi connectivity index (χ0n) is 10.8. The quantitative estimate of drug-likeness (QED) is 0.562. The maximum absolute atomic E-state index is 5.03. The van der Waals surface area contributed by atoms with Crippen LogP contribution in [0, 0.1) is 23.7 Å². The van der Waals surface area contributed by atoms with E-state index < -0.39 is 0 Å². The highest BCUT2D eigenvalue weighted by atomic mass is 16.6. The van der Waals surface area contributed by atoms with Gasteiger partial charge in [0.05, 0.1) is 13.2 Å². The summed E-state index contributed by atoms with van der Waals surface area (Å²) in [7, 11) is 0. The standard InChI is InChI=1S/C10H14.C5H10O2.2CH4/c1-2-9-7-4-5-8(6-7)10(9)3-1;1-2-6-3-5-4-7-5;;/h4-5,7-10H,1-3,6H2;5H,2-4H2,1H3;2*1H4. The van der Waals surface area contributed by atoms with E-state index in [1.54, 1.807) is 0 Å². The Labute approximate surface area is 119 Å². The molecule has 2 heteroatoms. The largest absolute Gasteiger partial charge is 0.379 e. The SMILES string of the molecule is C.C.C1=CC2CC1C1CCCC21.CCOCC1CO1. The first-order valence-electron chi connectivity index (χ1n) is 7.26. The van der Waals surface area contributed by atoms with Crippen LogP contribution in [0.25, 0.3) is 0 Å². The molecule has 5 unspecified atom stereocenters. The third kappa shape index (κ3) is 3.82. The van der Waals surface area contributed by atoms with Crippen molar-refractivity contribution in [1.29, 1.82) is 0 Å². The maximum Gasteiger partial charge on any atom is 0.104 e. The van der Waals surface area contributed by atoms with Gasteiger partial charge in [-0.1, -0.05) is 33.4 Å². The third-order valence-corrected chi connectivity index (χ3v) is 4.78. The number of epoxide rings is 1. The van der Waals surface area contributed by atoms with E-state index in [2.05, 4.69) is 12.2 Å². The Morgan fingerprint density at radius 2 is 1.68 bits per heavy atom. The molecule has 0 amide bonds. The average molecular weight is 268 g/mol. The van der Waals surface area contributed by atoms with Gasteiger partial charge in [0.2, 0.25) is 0 Å². The van der Waals surface area contributed by atoms with E-state index in [0.29, 0.717) is 6.10 Å². The van der Waals surface area contributed by atoms with E-state index in [-0.39, 0.29) is 14.9 Å². The van der Waals surface area contributed by atoms with Crippen molar-refractivity contribution in [2.75, 3.05) is 19.8 Å². The van der Waals surface area contributed by atoms with Crippen LogP contribution in [-0.2, 0) is 9.47 Å². The molecular weight excluding hydrogens is 236 g/mol. The van der Waals surface area contributed by atoms with Crippen LogP contribution in [0.2, 0.25) is 0 Å². The van der Waals surface area contributed by atoms with Gasteiger partial charge >= 0.3 is 0 Å². The van der Waals surface area contributed by atoms with Crippen LogP contribution < -0.4 is 0 Å². The van der Waals surface area contributed by atoms with Gasteiger partial charge in [-0.25, -0.2) is 0 Å². The zero-order valence-corrected chi connectivity index (χ0v) is 10.8. The van der Waals surface area contributed by atoms with Crippen LogP contribution in [-0.4, -0.2) is 25.9 Å². The van der Waals surface area contributed by atoms with Crippen LogP contribution >= 0.6 is 0 Å². The first-order chi connectivity index (χ1) is 8.38. The molecule has 1 heterocycles. The minimum atomic E-state index is 0. The van der Waals surface area contributed by atoms with Gasteiger partial charge in [-0.15, -0.1) is 0 Å². The van der Waals surface area contributed by atoms with Crippen molar-refractivity contribution in [2.24, 2.45) is 23.7 Å². The Kier molecular flexibility index (Phi) is 6.55. The number of hydrogen-bond acceptors (Lipinski definition) is 2. The Morgan fingerprint density at radius 1 is 1.11 bits per heavy atom. The summed E-state index contributed by atoms with van der Waals surface area (Å²) < 4.78 is 9.92. The lowest BCUT2D eigenvalue weighted by molar-refractivity contribution is 0.128. The van der Waals surface area contributed by atoms with Gasteiger partial charge in [-0.2, -0.15) is 0 Å². The first-order valence-corrected chi connectivity index (χ1v) is 7.26. The van der Waals surface area contributed by atoms with E-state index in [1.807, 2.05) is 6.92 Å². The third-order valence-electron chi connectivity index (χ3n) is 4.78. The normalized spacial score (nSPS) is 39.7. The monoisotopic (exact) mass is 268 g/mol. The molecule has 1 aliphatic heterocycles. The summed E-state index contributed by atoms with van der Waals surface area (Å²) in [5.41, 5.74) is 0. The van der Waals surface area contributed by atoms with Crippen molar-refractivity contribution in [3.63, 3.8) is 0 Å². The van der Waals surface area contributed by atoms with Gasteiger partial charge in [0.1, 0.15) is 6.10 Å². The van der Waals surface area contributed by atoms with Crippen LogP contribution in [0.3, 0.4) is 0 Å². The van der Waals surface area contributed by atoms with Gasteiger partial charge in [-0.05, 0) is 49.9 Å². The number of allylic oxidation sites excluding steroid dienone is 2. The maximum atomic E-state index is 5.03. The summed E-state index contributed by atoms with van der Waals surface area (Å²) in [6.07, 6.45) is 11.5. The first kappa shape index (κ1) is 16.7. The van der Waals surface area contributed by atoms with Crippen molar-refractivity contribution in [1.82, 2.24) is 0 Å². The highest BCUT2D eigenvalue weighted by molar-refractivity contribution is 5.14. The molecule has 0 aromatic heterocycles. The van der Waals surface area contributed by atoms with Crippen molar-refractivity contribution in [2.45, 2.75) is 53.6 Å². The second-order valence-corrected chi connectivity index (χ2v) is 5.82. The minimum absolute atomic E-state index is 0. The van der Waals surface area contributed by atoms with Gasteiger partial charge < -0.3 is 9.47 Å². The molecule has 3 aliphatic carbocycles. The van der Waals surface area contributed by atoms with Crippen LogP contribution in [0.4, 0.5) is 0 Å². The minimum Gasteiger partial charge on any atom is -0.379 e. The topological polar surface area (TPSA) is 21.8 Å². The summed E-state index contributed by atoms with van der Waals surface area (Å²) in [4.78, 5) is 0. The summed E-state index contributed by atoms with van der Waals surface area (Å²) in [5, 5.41) is 0. The number of rotatable bonds is 3. The summed E-state index contributed by atoms with van der Waals surface area (Å²) >= 11 is 0. The molecule has 4 rings (SSSR count). The Balaban J connectivity index is 0.000000182. The highest BCUT2D eigenvalue weighted by Gasteiger charge is 2.46. The van der Waals surface area contributed by atoms with Crippen molar-refractivity contribution < 1.29 is 9.47 Å². The van der Waals surface area contributed by atoms with Crippen LogP contribution in [0.15, 0.2) is 12.2 Å². The molecule has 3 fully saturated rings. The molecule has 5 atom stereocenters. The smallest absolute Gasteiger partial charge is 0.104 e. The lowest BCUT2D eigenvalue weighted by atomic mass is 9.86. The Hall–Kier alpha value is -0.340. The number of ether oxygens (including phenoxy) is 2. The fraction of sp³-hybridized carbons (Fsp3) is 0.882. The van der Waals surface area contributed by atoms with Gasteiger partial charge in [0, 0.05) is 6.61 Å².